The van der Waals surface area contributed by atoms with Gasteiger partial charge in [0.2, 0.25) is 5.91 Å². The summed E-state index contributed by atoms with van der Waals surface area (Å²) in [7, 11) is -4.06. The Morgan fingerprint density at radius 1 is 1.21 bits per heavy atom. The lowest BCUT2D eigenvalue weighted by Gasteiger charge is -2.28. The number of carbonyl (C=O) groups excluding carboxylic acids is 1. The number of hydrogen-bond acceptors (Lipinski definition) is 3. The Kier molecular flexibility index (Phi) is 6.08. The summed E-state index contributed by atoms with van der Waals surface area (Å²) >= 11 is 0. The number of benzene rings is 1. The molecule has 0 aliphatic carbocycles. The van der Waals surface area contributed by atoms with Crippen molar-refractivity contribution >= 4 is 15.7 Å². The van der Waals surface area contributed by atoms with E-state index >= 15 is 0 Å². The predicted molar refractivity (Wildman–Crippen MR) is 85.2 cm³/mol. The zero-order valence-electron chi connectivity index (χ0n) is 13.9. The number of alkyl halides is 3. The molecule has 0 fully saturated rings. The SMILES string of the molecule is CCCCCC(C)(C(N)=O)c1ccc(S(C)(=O)=O)c(C(F)(F)F)c1. The molecule has 0 radical (unpaired) electrons. The number of carbonyl (C=O) groups is 1. The first-order valence-electron chi connectivity index (χ1n) is 7.55. The minimum atomic E-state index is -4.85. The van der Waals surface area contributed by atoms with Gasteiger partial charge in [0.25, 0.3) is 0 Å². The van der Waals surface area contributed by atoms with Gasteiger partial charge in [0, 0.05) is 6.26 Å². The number of primary amides is 1. The molecule has 1 unspecified atom stereocenters. The van der Waals surface area contributed by atoms with E-state index in [0.717, 1.165) is 25.0 Å². The van der Waals surface area contributed by atoms with E-state index in [1.54, 1.807) is 0 Å². The van der Waals surface area contributed by atoms with Crippen molar-refractivity contribution in [3.05, 3.63) is 29.3 Å². The molecule has 8 heteroatoms. The Morgan fingerprint density at radius 2 is 1.79 bits per heavy atom. The Labute approximate surface area is 140 Å². The van der Waals surface area contributed by atoms with E-state index in [4.69, 9.17) is 5.73 Å². The number of unbranched alkanes of at least 4 members (excludes halogenated alkanes) is 2. The average molecular weight is 365 g/mol. The van der Waals surface area contributed by atoms with Gasteiger partial charge in [0.15, 0.2) is 9.84 Å². The van der Waals surface area contributed by atoms with Crippen molar-refractivity contribution in [3.8, 4) is 0 Å². The van der Waals surface area contributed by atoms with Gasteiger partial charge in [-0.3, -0.25) is 4.79 Å². The highest BCUT2D eigenvalue weighted by molar-refractivity contribution is 7.90. The summed E-state index contributed by atoms with van der Waals surface area (Å²) in [5, 5.41) is 0. The molecule has 0 aliphatic heterocycles. The van der Waals surface area contributed by atoms with Crippen molar-refractivity contribution in [3.63, 3.8) is 0 Å². The van der Waals surface area contributed by atoms with Crippen LogP contribution in [-0.4, -0.2) is 20.6 Å². The van der Waals surface area contributed by atoms with Crippen LogP contribution in [0.2, 0.25) is 0 Å². The molecule has 24 heavy (non-hydrogen) atoms. The molecular formula is C16H22F3NO3S. The smallest absolute Gasteiger partial charge is 0.369 e. The largest absolute Gasteiger partial charge is 0.417 e. The van der Waals surface area contributed by atoms with E-state index in [9.17, 15) is 26.4 Å². The first-order chi connectivity index (χ1) is 10.8. The van der Waals surface area contributed by atoms with Crippen LogP contribution in [0, 0.1) is 0 Å². The molecule has 0 aromatic heterocycles. The van der Waals surface area contributed by atoms with E-state index in [2.05, 4.69) is 0 Å². The fraction of sp³-hybridized carbons (Fsp3) is 0.562. The second-order valence-electron chi connectivity index (χ2n) is 6.13. The number of rotatable bonds is 7. The van der Waals surface area contributed by atoms with Crippen LogP contribution >= 0.6 is 0 Å². The first kappa shape index (κ1) is 20.5. The molecule has 0 saturated carbocycles. The number of sulfone groups is 1. The van der Waals surface area contributed by atoms with Crippen LogP contribution in [0.4, 0.5) is 13.2 Å². The molecule has 4 nitrogen and oxygen atoms in total. The Morgan fingerprint density at radius 3 is 2.21 bits per heavy atom. The fourth-order valence-electron chi connectivity index (χ4n) is 2.56. The van der Waals surface area contributed by atoms with Gasteiger partial charge in [0.1, 0.15) is 0 Å². The summed E-state index contributed by atoms with van der Waals surface area (Å²) in [4.78, 5) is 11.1. The van der Waals surface area contributed by atoms with Crippen LogP contribution in [0.25, 0.3) is 0 Å². The molecule has 1 aromatic rings. The molecule has 0 spiro atoms. The lowest BCUT2D eigenvalue weighted by Crippen LogP contribution is -2.38. The summed E-state index contributed by atoms with van der Waals surface area (Å²) in [6, 6.07) is 2.86. The van der Waals surface area contributed by atoms with Crippen molar-refractivity contribution in [2.75, 3.05) is 6.26 Å². The molecule has 1 aromatic carbocycles. The number of hydrogen-bond donors (Lipinski definition) is 1. The van der Waals surface area contributed by atoms with Gasteiger partial charge in [-0.05, 0) is 31.0 Å². The van der Waals surface area contributed by atoms with Gasteiger partial charge >= 0.3 is 6.18 Å². The van der Waals surface area contributed by atoms with Gasteiger partial charge in [-0.15, -0.1) is 0 Å². The van der Waals surface area contributed by atoms with E-state index in [1.807, 2.05) is 6.92 Å². The van der Waals surface area contributed by atoms with E-state index in [-0.39, 0.29) is 5.56 Å². The standard InChI is InChI=1S/C16H22F3NO3S/c1-4-5-6-9-15(2,14(20)21)11-7-8-13(24(3,22)23)12(10-11)16(17,18)19/h7-8,10H,4-6,9H2,1-3H3,(H2,20,21). The summed E-state index contributed by atoms with van der Waals surface area (Å²) in [6.07, 6.45) is -1.51. The van der Waals surface area contributed by atoms with E-state index in [0.29, 0.717) is 19.1 Å². The van der Waals surface area contributed by atoms with Crippen molar-refractivity contribution < 1.29 is 26.4 Å². The third-order valence-corrected chi connectivity index (χ3v) is 5.30. The van der Waals surface area contributed by atoms with Crippen LogP contribution in [0.15, 0.2) is 23.1 Å². The molecule has 0 heterocycles. The molecule has 1 rings (SSSR count). The quantitative estimate of drug-likeness (QED) is 0.752. The summed E-state index contributed by atoms with van der Waals surface area (Å²) < 4.78 is 63.1. The first-order valence-corrected chi connectivity index (χ1v) is 9.45. The number of amides is 1. The molecule has 2 N–H and O–H groups in total. The average Bonchev–Trinajstić information content (AvgIpc) is 2.44. The molecule has 0 saturated heterocycles. The lowest BCUT2D eigenvalue weighted by atomic mass is 9.77. The molecule has 136 valence electrons. The predicted octanol–water partition coefficient (Wildman–Crippen LogP) is 3.43. The molecule has 1 atom stereocenters. The molecule has 1 amide bonds. The van der Waals surface area contributed by atoms with E-state index in [1.165, 1.54) is 13.0 Å². The van der Waals surface area contributed by atoms with Gasteiger partial charge < -0.3 is 5.73 Å². The maximum atomic E-state index is 13.3. The normalized spacial score (nSPS) is 15.1. The second kappa shape index (κ2) is 7.13. The highest BCUT2D eigenvalue weighted by Crippen LogP contribution is 2.38. The van der Waals surface area contributed by atoms with Gasteiger partial charge in [-0.1, -0.05) is 32.3 Å². The van der Waals surface area contributed by atoms with Crippen molar-refractivity contribution in [2.45, 2.75) is 56.0 Å². The summed E-state index contributed by atoms with van der Waals surface area (Å²) in [5.74, 6) is -0.737. The van der Waals surface area contributed by atoms with Crippen molar-refractivity contribution in [2.24, 2.45) is 5.73 Å². The lowest BCUT2D eigenvalue weighted by molar-refractivity contribution is -0.140. The van der Waals surface area contributed by atoms with E-state index < -0.39 is 37.8 Å². The van der Waals surface area contributed by atoms with Crippen molar-refractivity contribution in [1.82, 2.24) is 0 Å². The topological polar surface area (TPSA) is 77.2 Å². The Bertz CT molecular complexity index is 714. The maximum Gasteiger partial charge on any atom is 0.417 e. The Hall–Kier alpha value is -1.57. The van der Waals surface area contributed by atoms with Crippen molar-refractivity contribution in [1.29, 1.82) is 0 Å². The van der Waals surface area contributed by atoms with Gasteiger partial charge in [0.05, 0.1) is 15.9 Å². The zero-order chi connectivity index (χ0) is 18.8. The zero-order valence-corrected chi connectivity index (χ0v) is 14.7. The third-order valence-electron chi connectivity index (χ3n) is 4.15. The minimum absolute atomic E-state index is 0.0748. The van der Waals surface area contributed by atoms with Gasteiger partial charge in [-0.2, -0.15) is 13.2 Å². The summed E-state index contributed by atoms with van der Waals surface area (Å²) in [5.41, 5.74) is 2.95. The Balaban J connectivity index is 3.51. The maximum absolute atomic E-state index is 13.3. The third kappa shape index (κ3) is 4.49. The number of nitrogens with two attached hydrogens (primary N) is 1. The van der Waals surface area contributed by atoms with Crippen LogP contribution in [0.5, 0.6) is 0 Å². The van der Waals surface area contributed by atoms with Crippen LogP contribution in [0.3, 0.4) is 0 Å². The number of halogens is 3. The van der Waals surface area contributed by atoms with Crippen LogP contribution < -0.4 is 5.73 Å². The fourth-order valence-corrected chi connectivity index (χ4v) is 3.45. The minimum Gasteiger partial charge on any atom is -0.369 e. The molecular weight excluding hydrogens is 343 g/mol. The monoisotopic (exact) mass is 365 g/mol. The van der Waals surface area contributed by atoms with Crippen LogP contribution in [-0.2, 0) is 26.2 Å². The van der Waals surface area contributed by atoms with Gasteiger partial charge in [-0.25, -0.2) is 8.42 Å². The molecule has 0 bridgehead atoms. The highest BCUT2D eigenvalue weighted by atomic mass is 32.2. The van der Waals surface area contributed by atoms with Crippen LogP contribution in [0.1, 0.15) is 50.7 Å². The highest BCUT2D eigenvalue weighted by Gasteiger charge is 2.39. The molecule has 0 aliphatic rings. The summed E-state index contributed by atoms with van der Waals surface area (Å²) in [6.45, 7) is 3.45. The second-order valence-corrected chi connectivity index (χ2v) is 8.12.